The van der Waals surface area contributed by atoms with E-state index in [4.69, 9.17) is 4.74 Å². The number of nitrogens with one attached hydrogen (secondary N) is 1. The van der Waals surface area contributed by atoms with Gasteiger partial charge in [-0.2, -0.15) is 0 Å². The molecule has 0 aliphatic rings. The third-order valence-electron chi connectivity index (χ3n) is 4.16. The summed E-state index contributed by atoms with van der Waals surface area (Å²) in [6.07, 6.45) is 0. The molecule has 4 rings (SSSR count). The van der Waals surface area contributed by atoms with E-state index in [1.54, 1.807) is 12.1 Å². The van der Waals surface area contributed by atoms with E-state index in [1.807, 2.05) is 60.7 Å². The fourth-order valence-electron chi connectivity index (χ4n) is 2.71. The number of rotatable bonds is 7. The Kier molecular flexibility index (Phi) is 5.68. The van der Waals surface area contributed by atoms with Crippen LogP contribution in [0, 0.1) is 5.82 Å². The smallest absolute Gasteiger partial charge is 0.209 e. The molecule has 0 amide bonds. The number of hydrogen-bond donors (Lipinski definition) is 1. The summed E-state index contributed by atoms with van der Waals surface area (Å²) in [6.45, 7) is 0.473. The van der Waals surface area contributed by atoms with Gasteiger partial charge in [-0.05, 0) is 29.3 Å². The van der Waals surface area contributed by atoms with E-state index in [1.165, 1.54) is 17.8 Å². The SMILES string of the molecule is Fc1ccccc1CSc1n[nH]c(-c2ccccc2OCc2ccccc2)n1. The fourth-order valence-corrected chi connectivity index (χ4v) is 3.50. The van der Waals surface area contributed by atoms with Gasteiger partial charge in [0.1, 0.15) is 18.2 Å². The first kappa shape index (κ1) is 18.3. The molecule has 4 aromatic rings. The zero-order chi connectivity index (χ0) is 19.2. The molecule has 4 nitrogen and oxygen atoms in total. The van der Waals surface area contributed by atoms with E-state index in [0.29, 0.717) is 28.9 Å². The number of halogens is 1. The molecule has 0 aliphatic carbocycles. The van der Waals surface area contributed by atoms with Gasteiger partial charge in [-0.15, -0.1) is 5.10 Å². The van der Waals surface area contributed by atoms with Gasteiger partial charge in [0, 0.05) is 5.75 Å². The van der Waals surface area contributed by atoms with E-state index < -0.39 is 0 Å². The number of hydrogen-bond acceptors (Lipinski definition) is 4. The van der Waals surface area contributed by atoms with Gasteiger partial charge in [0.2, 0.25) is 5.16 Å². The molecule has 0 spiro atoms. The van der Waals surface area contributed by atoms with Gasteiger partial charge in [-0.1, -0.05) is 72.4 Å². The normalized spacial score (nSPS) is 10.8. The molecule has 3 aromatic carbocycles. The molecule has 28 heavy (non-hydrogen) atoms. The lowest BCUT2D eigenvalue weighted by Crippen LogP contribution is -1.97. The van der Waals surface area contributed by atoms with Gasteiger partial charge in [-0.25, -0.2) is 9.37 Å². The summed E-state index contributed by atoms with van der Waals surface area (Å²) in [6, 6.07) is 24.4. The molecule has 1 heterocycles. The molecular weight excluding hydrogens is 373 g/mol. The molecule has 0 saturated carbocycles. The molecule has 140 valence electrons. The van der Waals surface area contributed by atoms with Crippen LogP contribution in [0.25, 0.3) is 11.4 Å². The third kappa shape index (κ3) is 4.40. The molecule has 1 aromatic heterocycles. The lowest BCUT2D eigenvalue weighted by Gasteiger charge is -2.09. The van der Waals surface area contributed by atoms with Crippen LogP contribution in [-0.2, 0) is 12.4 Å². The van der Waals surface area contributed by atoms with Crippen LogP contribution < -0.4 is 4.74 Å². The van der Waals surface area contributed by atoms with E-state index >= 15 is 0 Å². The van der Waals surface area contributed by atoms with E-state index in [-0.39, 0.29) is 5.82 Å². The molecule has 0 saturated heterocycles. The maximum absolute atomic E-state index is 13.8. The molecule has 6 heteroatoms. The Morgan fingerprint density at radius 1 is 0.893 bits per heavy atom. The summed E-state index contributed by atoms with van der Waals surface area (Å²) < 4.78 is 19.7. The van der Waals surface area contributed by atoms with Gasteiger partial charge >= 0.3 is 0 Å². The number of H-pyrrole nitrogens is 1. The van der Waals surface area contributed by atoms with Crippen molar-refractivity contribution in [2.24, 2.45) is 0 Å². The van der Waals surface area contributed by atoms with Crippen molar-refractivity contribution in [3.63, 3.8) is 0 Å². The maximum Gasteiger partial charge on any atom is 0.209 e. The number of nitrogens with zero attached hydrogens (tertiary/aromatic N) is 2. The predicted octanol–water partition coefficient (Wildman–Crippen LogP) is 5.48. The Bertz CT molecular complexity index is 1050. The highest BCUT2D eigenvalue weighted by atomic mass is 32.2. The highest BCUT2D eigenvalue weighted by molar-refractivity contribution is 7.98. The van der Waals surface area contributed by atoms with Gasteiger partial charge in [0.15, 0.2) is 5.82 Å². The van der Waals surface area contributed by atoms with Crippen molar-refractivity contribution in [2.75, 3.05) is 0 Å². The highest BCUT2D eigenvalue weighted by Crippen LogP contribution is 2.30. The minimum atomic E-state index is -0.217. The van der Waals surface area contributed by atoms with Crippen LogP contribution in [0.2, 0.25) is 0 Å². The summed E-state index contributed by atoms with van der Waals surface area (Å²) in [4.78, 5) is 4.53. The molecule has 0 aliphatic heterocycles. The quantitative estimate of drug-likeness (QED) is 0.424. The van der Waals surface area contributed by atoms with Gasteiger partial charge < -0.3 is 4.74 Å². The number of aromatic amines is 1. The van der Waals surface area contributed by atoms with Crippen molar-refractivity contribution in [3.05, 3.63) is 95.8 Å². The first-order chi connectivity index (χ1) is 13.8. The minimum Gasteiger partial charge on any atom is -0.488 e. The van der Waals surface area contributed by atoms with E-state index in [9.17, 15) is 4.39 Å². The van der Waals surface area contributed by atoms with Crippen LogP contribution in [0.5, 0.6) is 5.75 Å². The van der Waals surface area contributed by atoms with Gasteiger partial charge in [-0.3, -0.25) is 5.10 Å². The average molecular weight is 391 g/mol. The monoisotopic (exact) mass is 391 g/mol. The molecular formula is C22H18FN3OS. The van der Waals surface area contributed by atoms with Crippen LogP contribution in [0.15, 0.2) is 84.0 Å². The van der Waals surface area contributed by atoms with E-state index in [2.05, 4.69) is 15.2 Å². The van der Waals surface area contributed by atoms with Crippen LogP contribution in [-0.4, -0.2) is 15.2 Å². The van der Waals surface area contributed by atoms with Crippen molar-refractivity contribution in [2.45, 2.75) is 17.5 Å². The van der Waals surface area contributed by atoms with Crippen molar-refractivity contribution in [1.29, 1.82) is 0 Å². The Labute approximate surface area is 166 Å². The van der Waals surface area contributed by atoms with Gasteiger partial charge in [0.05, 0.1) is 5.56 Å². The van der Waals surface area contributed by atoms with E-state index in [0.717, 1.165) is 16.9 Å². The number of ether oxygens (including phenoxy) is 1. The Morgan fingerprint density at radius 3 is 2.50 bits per heavy atom. The molecule has 0 fully saturated rings. The van der Waals surface area contributed by atoms with Crippen LogP contribution in [0.3, 0.4) is 0 Å². The van der Waals surface area contributed by atoms with Crippen molar-refractivity contribution in [1.82, 2.24) is 15.2 Å². The van der Waals surface area contributed by atoms with Crippen molar-refractivity contribution >= 4 is 11.8 Å². The summed E-state index contributed by atoms with van der Waals surface area (Å²) in [5.74, 6) is 1.61. The highest BCUT2D eigenvalue weighted by Gasteiger charge is 2.12. The summed E-state index contributed by atoms with van der Waals surface area (Å²) in [5.41, 5.74) is 2.56. The first-order valence-corrected chi connectivity index (χ1v) is 9.83. The number of para-hydroxylation sites is 1. The molecule has 0 radical (unpaired) electrons. The molecule has 1 N–H and O–H groups in total. The van der Waals surface area contributed by atoms with Crippen molar-refractivity contribution in [3.8, 4) is 17.1 Å². The first-order valence-electron chi connectivity index (χ1n) is 8.84. The lowest BCUT2D eigenvalue weighted by atomic mass is 10.2. The lowest BCUT2D eigenvalue weighted by molar-refractivity contribution is 0.307. The maximum atomic E-state index is 13.8. The zero-order valence-electron chi connectivity index (χ0n) is 15.0. The largest absolute Gasteiger partial charge is 0.488 e. The van der Waals surface area contributed by atoms with Crippen LogP contribution in [0.1, 0.15) is 11.1 Å². The second-order valence-corrected chi connectivity index (χ2v) is 7.06. The molecule has 0 bridgehead atoms. The standard InChI is InChI=1S/C22H18FN3OS/c23-19-12-6-4-10-17(19)15-28-22-24-21(25-26-22)18-11-5-7-13-20(18)27-14-16-8-2-1-3-9-16/h1-13H,14-15H2,(H,24,25,26). The summed E-state index contributed by atoms with van der Waals surface area (Å²) in [7, 11) is 0. The predicted molar refractivity (Wildman–Crippen MR) is 109 cm³/mol. The fraction of sp³-hybridized carbons (Fsp3) is 0.0909. The Balaban J connectivity index is 1.47. The second kappa shape index (κ2) is 8.71. The second-order valence-electron chi connectivity index (χ2n) is 6.12. The number of aromatic nitrogens is 3. The summed E-state index contributed by atoms with van der Waals surface area (Å²) >= 11 is 1.38. The summed E-state index contributed by atoms with van der Waals surface area (Å²) in [5, 5.41) is 7.77. The zero-order valence-corrected chi connectivity index (χ0v) is 15.8. The molecule has 0 unspecified atom stereocenters. The van der Waals surface area contributed by atoms with Crippen LogP contribution >= 0.6 is 11.8 Å². The van der Waals surface area contributed by atoms with Gasteiger partial charge in [0.25, 0.3) is 0 Å². The number of thioether (sulfide) groups is 1. The Hall–Kier alpha value is -3.12. The molecule has 0 atom stereocenters. The number of benzene rings is 3. The minimum absolute atomic E-state index is 0.217. The third-order valence-corrected chi connectivity index (χ3v) is 5.05. The average Bonchev–Trinajstić information content (AvgIpc) is 3.21. The Morgan fingerprint density at radius 2 is 1.64 bits per heavy atom. The van der Waals surface area contributed by atoms with Crippen molar-refractivity contribution < 1.29 is 9.13 Å². The topological polar surface area (TPSA) is 50.8 Å². The van der Waals surface area contributed by atoms with Crippen LogP contribution in [0.4, 0.5) is 4.39 Å².